The van der Waals surface area contributed by atoms with Crippen LogP contribution in [0.25, 0.3) is 0 Å². The Hall–Kier alpha value is -3.58. The molecule has 2 N–H and O–H groups in total. The molecule has 0 bridgehead atoms. The Morgan fingerprint density at radius 3 is 2.03 bits per heavy atom. The van der Waals surface area contributed by atoms with E-state index in [1.54, 1.807) is 19.1 Å². The summed E-state index contributed by atoms with van der Waals surface area (Å²) in [6.45, 7) is 1.77. The van der Waals surface area contributed by atoms with Crippen LogP contribution >= 0.6 is 12.2 Å². The van der Waals surface area contributed by atoms with E-state index in [0.29, 0.717) is 0 Å². The van der Waals surface area contributed by atoms with Gasteiger partial charge in [0.05, 0.1) is 10.8 Å². The smallest absolute Gasteiger partial charge is 0.292 e. The maximum absolute atomic E-state index is 13.0. The number of amides is 1. The second-order valence-corrected chi connectivity index (χ2v) is 6.88. The molecule has 29 heavy (non-hydrogen) atoms. The quantitative estimate of drug-likeness (QED) is 0.370. The monoisotopic (exact) mass is 405 g/mol. The summed E-state index contributed by atoms with van der Waals surface area (Å²) in [5, 5.41) is 16.7. The van der Waals surface area contributed by atoms with E-state index in [0.717, 1.165) is 16.7 Å². The topological polar surface area (TPSA) is 84.3 Å². The highest BCUT2D eigenvalue weighted by Crippen LogP contribution is 2.26. The Morgan fingerprint density at radius 1 is 0.966 bits per heavy atom. The largest absolute Gasteiger partial charge is 0.327 e. The van der Waals surface area contributed by atoms with E-state index >= 15 is 0 Å². The van der Waals surface area contributed by atoms with E-state index in [2.05, 4.69) is 10.6 Å². The number of nitro groups is 1. The average Bonchev–Trinajstić information content (AvgIpc) is 2.71. The minimum absolute atomic E-state index is 0.00110. The molecule has 7 heteroatoms. The number of hydrogen-bond donors (Lipinski definition) is 2. The Labute approximate surface area is 173 Å². The van der Waals surface area contributed by atoms with Crippen molar-refractivity contribution in [2.24, 2.45) is 0 Å². The lowest BCUT2D eigenvalue weighted by Crippen LogP contribution is -2.38. The fraction of sp³-hybridized carbons (Fsp3) is 0.0909. The highest BCUT2D eigenvalue weighted by molar-refractivity contribution is 7.80. The molecule has 3 aromatic rings. The molecule has 0 saturated heterocycles. The van der Waals surface area contributed by atoms with Crippen molar-refractivity contribution in [3.05, 3.63) is 106 Å². The molecule has 0 saturated carbocycles. The van der Waals surface area contributed by atoms with Crippen LogP contribution in [-0.2, 0) is 4.79 Å². The lowest BCUT2D eigenvalue weighted by atomic mass is 9.90. The molecule has 0 heterocycles. The van der Waals surface area contributed by atoms with Crippen LogP contribution in [0.1, 0.15) is 22.6 Å². The Bertz CT molecular complexity index is 1000. The molecule has 146 valence electrons. The zero-order chi connectivity index (χ0) is 20.8. The highest BCUT2D eigenvalue weighted by Gasteiger charge is 2.24. The second-order valence-electron chi connectivity index (χ2n) is 6.48. The van der Waals surface area contributed by atoms with Crippen LogP contribution in [0.4, 0.5) is 11.4 Å². The minimum Gasteiger partial charge on any atom is -0.327 e. The molecule has 0 aliphatic heterocycles. The molecule has 3 rings (SSSR count). The van der Waals surface area contributed by atoms with E-state index in [1.807, 2.05) is 60.7 Å². The predicted molar refractivity (Wildman–Crippen MR) is 117 cm³/mol. The standard InChI is InChI=1S/C22H19N3O3S/c1-15-12-13-18(19(14-15)25(27)28)23-22(29)24-21(26)20(16-8-4-2-5-9-16)17-10-6-3-7-11-17/h2-14,20H,1H3,(H2,23,24,26,29). The van der Waals surface area contributed by atoms with Crippen molar-refractivity contribution < 1.29 is 9.72 Å². The van der Waals surface area contributed by atoms with E-state index in [4.69, 9.17) is 12.2 Å². The van der Waals surface area contributed by atoms with E-state index < -0.39 is 10.8 Å². The first-order chi connectivity index (χ1) is 14.0. The van der Waals surface area contributed by atoms with E-state index in [1.165, 1.54) is 6.07 Å². The fourth-order valence-corrected chi connectivity index (χ4v) is 3.23. The molecule has 1 amide bonds. The molecule has 0 aliphatic rings. The number of hydrogen-bond acceptors (Lipinski definition) is 4. The third kappa shape index (κ3) is 5.03. The average molecular weight is 405 g/mol. The van der Waals surface area contributed by atoms with Crippen molar-refractivity contribution >= 4 is 34.6 Å². The van der Waals surface area contributed by atoms with Gasteiger partial charge in [-0.2, -0.15) is 0 Å². The van der Waals surface area contributed by atoms with Gasteiger partial charge >= 0.3 is 0 Å². The van der Waals surface area contributed by atoms with Crippen molar-refractivity contribution in [3.8, 4) is 0 Å². The number of aryl methyl sites for hydroxylation is 1. The van der Waals surface area contributed by atoms with Gasteiger partial charge in [0.25, 0.3) is 5.69 Å². The number of rotatable bonds is 5. The lowest BCUT2D eigenvalue weighted by molar-refractivity contribution is -0.383. The number of thiocarbonyl (C=S) groups is 1. The summed E-state index contributed by atoms with van der Waals surface area (Å²) in [7, 11) is 0. The molecule has 0 fully saturated rings. The van der Waals surface area contributed by atoms with Gasteiger partial charge in [-0.3, -0.25) is 14.9 Å². The Kier molecular flexibility index (Phi) is 6.31. The van der Waals surface area contributed by atoms with Crippen LogP contribution in [0.3, 0.4) is 0 Å². The Morgan fingerprint density at radius 2 is 1.52 bits per heavy atom. The van der Waals surface area contributed by atoms with Gasteiger partial charge in [0.2, 0.25) is 5.91 Å². The Balaban J connectivity index is 1.82. The normalized spacial score (nSPS) is 10.4. The SMILES string of the molecule is Cc1ccc(NC(=S)NC(=O)C(c2ccccc2)c2ccccc2)c([N+](=O)[O-])c1. The summed E-state index contributed by atoms with van der Waals surface area (Å²) in [5.74, 6) is -0.889. The number of nitrogens with zero attached hydrogens (tertiary/aromatic N) is 1. The van der Waals surface area contributed by atoms with Gasteiger partial charge in [-0.1, -0.05) is 66.7 Å². The maximum atomic E-state index is 13.0. The number of nitrogens with one attached hydrogen (secondary N) is 2. The van der Waals surface area contributed by atoms with Crippen LogP contribution in [-0.4, -0.2) is 15.9 Å². The van der Waals surface area contributed by atoms with Gasteiger partial charge in [0, 0.05) is 6.07 Å². The summed E-state index contributed by atoms with van der Waals surface area (Å²) in [6.07, 6.45) is 0. The molecule has 0 unspecified atom stereocenters. The van der Waals surface area contributed by atoms with Crippen molar-refractivity contribution in [1.29, 1.82) is 0 Å². The van der Waals surface area contributed by atoms with Gasteiger partial charge < -0.3 is 10.6 Å². The number of carbonyl (C=O) groups excluding carboxylic acids is 1. The highest BCUT2D eigenvalue weighted by atomic mass is 32.1. The first-order valence-corrected chi connectivity index (χ1v) is 9.33. The molecule has 0 atom stereocenters. The van der Waals surface area contributed by atoms with Gasteiger partial charge in [-0.25, -0.2) is 0 Å². The maximum Gasteiger partial charge on any atom is 0.292 e. The van der Waals surface area contributed by atoms with Crippen LogP contribution in [0, 0.1) is 17.0 Å². The third-order valence-corrected chi connectivity index (χ3v) is 4.57. The van der Waals surface area contributed by atoms with Crippen LogP contribution in [0.5, 0.6) is 0 Å². The molecule has 0 aromatic heterocycles. The predicted octanol–water partition coefficient (Wildman–Crippen LogP) is 4.55. The molecule has 0 radical (unpaired) electrons. The third-order valence-electron chi connectivity index (χ3n) is 4.36. The zero-order valence-electron chi connectivity index (χ0n) is 15.7. The molecular weight excluding hydrogens is 386 g/mol. The molecule has 6 nitrogen and oxygen atoms in total. The molecule has 0 aliphatic carbocycles. The van der Waals surface area contributed by atoms with Crippen LogP contribution < -0.4 is 10.6 Å². The van der Waals surface area contributed by atoms with E-state index in [9.17, 15) is 14.9 Å². The van der Waals surface area contributed by atoms with Crippen molar-refractivity contribution in [2.75, 3.05) is 5.32 Å². The number of carbonyl (C=O) groups is 1. The summed E-state index contributed by atoms with van der Waals surface area (Å²) in [4.78, 5) is 23.8. The van der Waals surface area contributed by atoms with Crippen molar-refractivity contribution in [2.45, 2.75) is 12.8 Å². The number of nitro benzene ring substituents is 1. The zero-order valence-corrected chi connectivity index (χ0v) is 16.5. The summed E-state index contributed by atoms with van der Waals surface area (Å²) in [6, 6.07) is 23.5. The lowest BCUT2D eigenvalue weighted by Gasteiger charge is -2.18. The number of benzene rings is 3. The second kappa shape index (κ2) is 9.07. The van der Waals surface area contributed by atoms with Crippen molar-refractivity contribution in [3.63, 3.8) is 0 Å². The fourth-order valence-electron chi connectivity index (χ4n) is 3.02. The molecular formula is C22H19N3O3S. The first-order valence-electron chi connectivity index (χ1n) is 8.92. The molecule has 3 aromatic carbocycles. The minimum atomic E-state index is -0.565. The van der Waals surface area contributed by atoms with Gasteiger partial charge in [0.15, 0.2) is 5.11 Å². The first kappa shape index (κ1) is 20.2. The summed E-state index contributed by atoms with van der Waals surface area (Å²) in [5.41, 5.74) is 2.51. The van der Waals surface area contributed by atoms with Gasteiger partial charge in [-0.05, 0) is 41.9 Å². The summed E-state index contributed by atoms with van der Waals surface area (Å²) >= 11 is 5.24. The number of anilines is 1. The van der Waals surface area contributed by atoms with Crippen LogP contribution in [0.15, 0.2) is 78.9 Å². The van der Waals surface area contributed by atoms with Gasteiger partial charge in [-0.15, -0.1) is 0 Å². The summed E-state index contributed by atoms with van der Waals surface area (Å²) < 4.78 is 0. The van der Waals surface area contributed by atoms with Crippen molar-refractivity contribution in [1.82, 2.24) is 5.32 Å². The van der Waals surface area contributed by atoms with E-state index in [-0.39, 0.29) is 22.4 Å². The molecule has 0 spiro atoms. The van der Waals surface area contributed by atoms with Gasteiger partial charge in [0.1, 0.15) is 5.69 Å². The van der Waals surface area contributed by atoms with Crippen LogP contribution in [0.2, 0.25) is 0 Å².